The average Bonchev–Trinajstić information content (AvgIpc) is 2.62. The van der Waals surface area contributed by atoms with E-state index in [9.17, 15) is 13.7 Å². The van der Waals surface area contributed by atoms with Crippen molar-refractivity contribution >= 4 is 21.8 Å². The van der Waals surface area contributed by atoms with Gasteiger partial charge in [0.15, 0.2) is 0 Å². The van der Waals surface area contributed by atoms with Crippen molar-refractivity contribution in [3.05, 3.63) is 53.1 Å². The molecule has 0 radical (unpaired) electrons. The lowest BCUT2D eigenvalue weighted by Gasteiger charge is -2.26. The van der Waals surface area contributed by atoms with Gasteiger partial charge in [-0.2, -0.15) is 21.3 Å². The van der Waals surface area contributed by atoms with Gasteiger partial charge in [0.25, 0.3) is 0 Å². The van der Waals surface area contributed by atoms with Crippen molar-refractivity contribution in [1.82, 2.24) is 4.31 Å². The molecule has 136 valence electrons. The molecule has 1 heterocycles. The van der Waals surface area contributed by atoms with Gasteiger partial charge < -0.3 is 4.74 Å². The van der Waals surface area contributed by atoms with E-state index in [0.29, 0.717) is 24.4 Å². The summed E-state index contributed by atoms with van der Waals surface area (Å²) in [6.45, 7) is 4.85. The normalized spacial score (nSPS) is 15.4. The Morgan fingerprint density at radius 1 is 1.08 bits per heavy atom. The fourth-order valence-corrected chi connectivity index (χ4v) is 5.62. The Balaban J connectivity index is 2.04. The van der Waals surface area contributed by atoms with Crippen molar-refractivity contribution in [1.29, 1.82) is 5.26 Å². The summed E-state index contributed by atoms with van der Waals surface area (Å²) in [4.78, 5) is 0.0441. The highest BCUT2D eigenvalue weighted by Gasteiger charge is 2.29. The van der Waals surface area contributed by atoms with Gasteiger partial charge in [0.1, 0.15) is 16.4 Å². The van der Waals surface area contributed by atoms with Gasteiger partial charge in [0.05, 0.1) is 11.6 Å². The number of aryl methyl sites for hydroxylation is 2. The first-order chi connectivity index (χ1) is 12.4. The number of hydrogen-bond donors (Lipinski definition) is 0. The summed E-state index contributed by atoms with van der Waals surface area (Å²) in [5.41, 5.74) is 2.36. The number of benzene rings is 2. The first-order valence-electron chi connectivity index (χ1n) is 8.28. The molecule has 1 aliphatic rings. The minimum atomic E-state index is -3.72. The Bertz CT molecular complexity index is 939. The van der Waals surface area contributed by atoms with Crippen LogP contribution in [0.3, 0.4) is 0 Å². The van der Waals surface area contributed by atoms with E-state index >= 15 is 0 Å². The summed E-state index contributed by atoms with van der Waals surface area (Å²) >= 11 is 1.74. The SMILES string of the molecule is Cc1cc(C)cc(Oc2ccc(C#N)cc2S(=O)(=O)N2CCSCC2)c1. The van der Waals surface area contributed by atoms with Crippen LogP contribution in [-0.2, 0) is 10.0 Å². The van der Waals surface area contributed by atoms with Crippen molar-refractivity contribution in [3.63, 3.8) is 0 Å². The van der Waals surface area contributed by atoms with Crippen LogP contribution in [0.2, 0.25) is 0 Å². The quantitative estimate of drug-likeness (QED) is 0.799. The molecule has 0 atom stereocenters. The van der Waals surface area contributed by atoms with E-state index in [0.717, 1.165) is 22.6 Å². The summed E-state index contributed by atoms with van der Waals surface area (Å²) in [6.07, 6.45) is 0. The summed E-state index contributed by atoms with van der Waals surface area (Å²) in [7, 11) is -3.72. The molecule has 0 bridgehead atoms. The van der Waals surface area contributed by atoms with Gasteiger partial charge in [-0.3, -0.25) is 0 Å². The maximum absolute atomic E-state index is 13.1. The minimum absolute atomic E-state index is 0.0441. The smallest absolute Gasteiger partial charge is 0.246 e. The lowest BCUT2D eigenvalue weighted by atomic mass is 10.1. The molecule has 7 heteroatoms. The van der Waals surface area contributed by atoms with Crippen molar-refractivity contribution in [3.8, 4) is 17.6 Å². The van der Waals surface area contributed by atoms with E-state index in [4.69, 9.17) is 4.74 Å². The third-order valence-electron chi connectivity index (χ3n) is 4.08. The molecule has 0 saturated carbocycles. The van der Waals surface area contributed by atoms with Crippen LogP contribution < -0.4 is 4.74 Å². The van der Waals surface area contributed by atoms with Crippen LogP contribution in [0, 0.1) is 25.2 Å². The summed E-state index contributed by atoms with van der Waals surface area (Å²) in [6, 6.07) is 12.3. The monoisotopic (exact) mass is 388 g/mol. The van der Waals surface area contributed by atoms with Crippen LogP contribution in [-0.4, -0.2) is 37.3 Å². The zero-order chi connectivity index (χ0) is 18.7. The molecule has 2 aromatic carbocycles. The number of hydrogen-bond acceptors (Lipinski definition) is 5. The lowest BCUT2D eigenvalue weighted by Crippen LogP contribution is -2.38. The number of ether oxygens (including phenoxy) is 1. The summed E-state index contributed by atoms with van der Waals surface area (Å²) < 4.78 is 33.6. The molecule has 0 aliphatic carbocycles. The zero-order valence-electron chi connectivity index (χ0n) is 14.7. The molecule has 1 saturated heterocycles. The zero-order valence-corrected chi connectivity index (χ0v) is 16.4. The average molecular weight is 389 g/mol. The molecule has 5 nitrogen and oxygen atoms in total. The van der Waals surface area contributed by atoms with Crippen LogP contribution in [0.4, 0.5) is 0 Å². The van der Waals surface area contributed by atoms with E-state index in [1.54, 1.807) is 23.9 Å². The van der Waals surface area contributed by atoms with Gasteiger partial charge in [0, 0.05) is 24.6 Å². The molecule has 2 aromatic rings. The van der Waals surface area contributed by atoms with Crippen LogP contribution in [0.15, 0.2) is 41.3 Å². The lowest BCUT2D eigenvalue weighted by molar-refractivity contribution is 0.431. The van der Waals surface area contributed by atoms with Crippen LogP contribution >= 0.6 is 11.8 Å². The topological polar surface area (TPSA) is 70.4 Å². The van der Waals surface area contributed by atoms with Crippen LogP contribution in [0.25, 0.3) is 0 Å². The van der Waals surface area contributed by atoms with E-state index in [1.807, 2.05) is 38.1 Å². The third kappa shape index (κ3) is 4.04. The second kappa shape index (κ2) is 7.70. The predicted octanol–water partition coefficient (Wildman–Crippen LogP) is 3.70. The van der Waals surface area contributed by atoms with Gasteiger partial charge in [-0.15, -0.1) is 0 Å². The van der Waals surface area contributed by atoms with E-state index in [1.165, 1.54) is 10.4 Å². The Morgan fingerprint density at radius 3 is 2.35 bits per heavy atom. The molecule has 3 rings (SSSR count). The second-order valence-electron chi connectivity index (χ2n) is 6.22. The Kier molecular flexibility index (Phi) is 5.56. The molecule has 0 unspecified atom stereocenters. The molecule has 0 spiro atoms. The maximum Gasteiger partial charge on any atom is 0.246 e. The number of nitriles is 1. The molecule has 0 amide bonds. The number of nitrogens with zero attached hydrogens (tertiary/aromatic N) is 2. The van der Waals surface area contributed by atoms with Gasteiger partial charge in [0.2, 0.25) is 10.0 Å². The van der Waals surface area contributed by atoms with Gasteiger partial charge in [-0.1, -0.05) is 6.07 Å². The number of thioether (sulfide) groups is 1. The molecule has 0 N–H and O–H groups in total. The van der Waals surface area contributed by atoms with Crippen LogP contribution in [0.5, 0.6) is 11.5 Å². The Morgan fingerprint density at radius 2 is 1.73 bits per heavy atom. The van der Waals surface area contributed by atoms with Crippen molar-refractivity contribution < 1.29 is 13.2 Å². The standard InChI is InChI=1S/C19H20N2O3S2/c1-14-9-15(2)11-17(10-14)24-18-4-3-16(13-20)12-19(18)26(22,23)21-5-7-25-8-6-21/h3-4,9-12H,5-8H2,1-2H3. The van der Waals surface area contributed by atoms with E-state index in [2.05, 4.69) is 0 Å². The number of sulfonamides is 1. The highest BCUT2D eigenvalue weighted by molar-refractivity contribution is 7.99. The van der Waals surface area contributed by atoms with Crippen molar-refractivity contribution in [2.24, 2.45) is 0 Å². The Hall–Kier alpha value is -2.01. The maximum atomic E-state index is 13.1. The van der Waals surface area contributed by atoms with Crippen LogP contribution in [0.1, 0.15) is 16.7 Å². The van der Waals surface area contributed by atoms with Crippen molar-refractivity contribution in [2.75, 3.05) is 24.6 Å². The highest BCUT2D eigenvalue weighted by Crippen LogP contribution is 2.33. The predicted molar refractivity (Wildman–Crippen MR) is 103 cm³/mol. The summed E-state index contributed by atoms with van der Waals surface area (Å²) in [5.74, 6) is 2.36. The van der Waals surface area contributed by atoms with E-state index in [-0.39, 0.29) is 10.6 Å². The largest absolute Gasteiger partial charge is 0.456 e. The van der Waals surface area contributed by atoms with Crippen molar-refractivity contribution in [2.45, 2.75) is 18.7 Å². The number of rotatable bonds is 4. The van der Waals surface area contributed by atoms with Gasteiger partial charge in [-0.25, -0.2) is 8.42 Å². The first kappa shape index (κ1) is 18.8. The van der Waals surface area contributed by atoms with E-state index < -0.39 is 10.0 Å². The minimum Gasteiger partial charge on any atom is -0.456 e. The molecule has 0 aromatic heterocycles. The second-order valence-corrected chi connectivity index (χ2v) is 9.35. The molecule has 26 heavy (non-hydrogen) atoms. The third-order valence-corrected chi connectivity index (χ3v) is 6.95. The highest BCUT2D eigenvalue weighted by atomic mass is 32.2. The molecule has 1 aliphatic heterocycles. The fourth-order valence-electron chi connectivity index (χ4n) is 2.91. The molecular formula is C19H20N2O3S2. The summed E-state index contributed by atoms with van der Waals surface area (Å²) in [5, 5.41) is 9.19. The fraction of sp³-hybridized carbons (Fsp3) is 0.316. The Labute approximate surface area is 158 Å². The molecule has 1 fully saturated rings. The molecular weight excluding hydrogens is 368 g/mol. The van der Waals surface area contributed by atoms with Gasteiger partial charge >= 0.3 is 0 Å². The first-order valence-corrected chi connectivity index (χ1v) is 10.9. The van der Waals surface area contributed by atoms with Gasteiger partial charge in [-0.05, 0) is 55.3 Å².